The van der Waals surface area contributed by atoms with Crippen molar-refractivity contribution in [3.05, 3.63) is 33.2 Å². The van der Waals surface area contributed by atoms with E-state index in [1.165, 1.54) is 51.6 Å². The molecule has 0 unspecified atom stereocenters. The van der Waals surface area contributed by atoms with Gasteiger partial charge >= 0.3 is 0 Å². The minimum atomic E-state index is 0.436. The topological polar surface area (TPSA) is 81.7 Å². The Hall–Kier alpha value is -1.39. The molecule has 0 radical (unpaired) electrons. The van der Waals surface area contributed by atoms with E-state index in [0.29, 0.717) is 17.3 Å². The van der Waals surface area contributed by atoms with Gasteiger partial charge in [0.2, 0.25) is 0 Å². The molecule has 0 saturated carbocycles. The van der Waals surface area contributed by atoms with Gasteiger partial charge in [0.15, 0.2) is 22.1 Å². The van der Waals surface area contributed by atoms with Gasteiger partial charge in [0.05, 0.1) is 0 Å². The standard InChI is InChI=1S/C21H27IN6S/c1-13(2)11-24-7-8-28-20-18(19(23)25-12-26-20)27-21(28)29-17-10-15-6-4-3-5-14(15)9-16(17)22/h9-10,12-13,24H,3-8,11H2,1-2H3,(H2,23,25,26). The molecule has 2 heterocycles. The second-order valence-electron chi connectivity index (χ2n) is 7.94. The Labute approximate surface area is 189 Å². The van der Waals surface area contributed by atoms with Crippen LogP contribution in [0.1, 0.15) is 37.8 Å². The number of benzene rings is 1. The van der Waals surface area contributed by atoms with Crippen LogP contribution in [0.15, 0.2) is 28.5 Å². The van der Waals surface area contributed by atoms with Crippen molar-refractivity contribution in [2.24, 2.45) is 5.92 Å². The van der Waals surface area contributed by atoms with Gasteiger partial charge in [-0.25, -0.2) is 15.0 Å². The Morgan fingerprint density at radius 2 is 1.97 bits per heavy atom. The Balaban J connectivity index is 1.66. The zero-order chi connectivity index (χ0) is 20.4. The zero-order valence-corrected chi connectivity index (χ0v) is 19.9. The highest BCUT2D eigenvalue weighted by Gasteiger charge is 2.19. The number of hydrogen-bond donors (Lipinski definition) is 2. The van der Waals surface area contributed by atoms with E-state index in [1.807, 2.05) is 0 Å². The molecule has 0 saturated heterocycles. The molecule has 29 heavy (non-hydrogen) atoms. The summed E-state index contributed by atoms with van der Waals surface area (Å²) in [6.45, 7) is 7.08. The van der Waals surface area contributed by atoms with E-state index in [2.05, 4.69) is 68.4 Å². The maximum absolute atomic E-state index is 6.09. The Kier molecular flexibility index (Phi) is 6.60. The van der Waals surface area contributed by atoms with Crippen molar-refractivity contribution < 1.29 is 0 Å². The fourth-order valence-electron chi connectivity index (χ4n) is 3.70. The quantitative estimate of drug-likeness (QED) is 0.356. The monoisotopic (exact) mass is 522 g/mol. The lowest BCUT2D eigenvalue weighted by atomic mass is 9.92. The molecular formula is C21H27IN6S. The highest BCUT2D eigenvalue weighted by atomic mass is 127. The minimum absolute atomic E-state index is 0.436. The van der Waals surface area contributed by atoms with Crippen LogP contribution in [0.2, 0.25) is 0 Å². The van der Waals surface area contributed by atoms with Crippen LogP contribution in [0, 0.1) is 9.49 Å². The number of aromatic nitrogens is 4. The van der Waals surface area contributed by atoms with E-state index >= 15 is 0 Å². The number of hydrogen-bond acceptors (Lipinski definition) is 6. The number of nitrogens with zero attached hydrogens (tertiary/aromatic N) is 4. The molecule has 3 aromatic rings. The molecule has 0 amide bonds. The van der Waals surface area contributed by atoms with Crippen molar-refractivity contribution in [1.29, 1.82) is 0 Å². The maximum atomic E-state index is 6.09. The molecule has 1 aliphatic rings. The van der Waals surface area contributed by atoms with Crippen LogP contribution in [0.5, 0.6) is 0 Å². The molecule has 0 bridgehead atoms. The first-order chi connectivity index (χ1) is 14.0. The lowest BCUT2D eigenvalue weighted by Gasteiger charge is -2.18. The summed E-state index contributed by atoms with van der Waals surface area (Å²) < 4.78 is 3.45. The van der Waals surface area contributed by atoms with Gasteiger partial charge in [-0.15, -0.1) is 0 Å². The molecule has 1 aliphatic carbocycles. The summed E-state index contributed by atoms with van der Waals surface area (Å²) in [5.41, 5.74) is 10.6. The largest absolute Gasteiger partial charge is 0.382 e. The molecule has 0 spiro atoms. The van der Waals surface area contributed by atoms with Crippen LogP contribution in [-0.4, -0.2) is 32.6 Å². The SMILES string of the molecule is CC(C)CNCCn1c(Sc2cc3c(cc2I)CCCC3)nc2c(N)ncnc21. The highest BCUT2D eigenvalue weighted by Crippen LogP contribution is 2.36. The summed E-state index contributed by atoms with van der Waals surface area (Å²) in [4.78, 5) is 14.7. The van der Waals surface area contributed by atoms with Crippen molar-refractivity contribution in [2.45, 2.75) is 56.1 Å². The Bertz CT molecular complexity index is 1020. The van der Waals surface area contributed by atoms with Crippen molar-refractivity contribution in [2.75, 3.05) is 18.8 Å². The second kappa shape index (κ2) is 9.18. The predicted molar refractivity (Wildman–Crippen MR) is 127 cm³/mol. The number of fused-ring (bicyclic) bond motifs is 2. The van der Waals surface area contributed by atoms with Crippen LogP contribution in [0.4, 0.5) is 5.82 Å². The molecule has 0 aliphatic heterocycles. The number of anilines is 1. The Morgan fingerprint density at radius 3 is 2.72 bits per heavy atom. The molecule has 8 heteroatoms. The summed E-state index contributed by atoms with van der Waals surface area (Å²) in [6.07, 6.45) is 6.47. The molecule has 2 aromatic heterocycles. The first-order valence-corrected chi connectivity index (χ1v) is 12.1. The van der Waals surface area contributed by atoms with Crippen LogP contribution < -0.4 is 11.1 Å². The van der Waals surface area contributed by atoms with Crippen molar-refractivity contribution in [3.8, 4) is 0 Å². The number of rotatable bonds is 7. The third kappa shape index (κ3) is 4.69. The Morgan fingerprint density at radius 1 is 1.21 bits per heavy atom. The molecular weight excluding hydrogens is 495 g/mol. The van der Waals surface area contributed by atoms with Gasteiger partial charge in [0, 0.05) is 21.6 Å². The number of aryl methyl sites for hydroxylation is 2. The fraction of sp³-hybridized carbons (Fsp3) is 0.476. The van der Waals surface area contributed by atoms with Gasteiger partial charge in [0.1, 0.15) is 6.33 Å². The minimum Gasteiger partial charge on any atom is -0.382 e. The van der Waals surface area contributed by atoms with Gasteiger partial charge < -0.3 is 15.6 Å². The molecule has 154 valence electrons. The highest BCUT2D eigenvalue weighted by molar-refractivity contribution is 14.1. The van der Waals surface area contributed by atoms with Crippen molar-refractivity contribution in [3.63, 3.8) is 0 Å². The number of imidazole rings is 1. The van der Waals surface area contributed by atoms with Gasteiger partial charge in [-0.2, -0.15) is 0 Å². The van der Waals surface area contributed by atoms with Crippen LogP contribution >= 0.6 is 34.4 Å². The van der Waals surface area contributed by atoms with Crippen LogP contribution in [0.3, 0.4) is 0 Å². The third-order valence-electron chi connectivity index (χ3n) is 5.19. The summed E-state index contributed by atoms with van der Waals surface area (Å²) in [7, 11) is 0. The summed E-state index contributed by atoms with van der Waals surface area (Å²) in [6, 6.07) is 4.71. The first-order valence-electron chi connectivity index (χ1n) is 10.2. The second-order valence-corrected chi connectivity index (χ2v) is 10.1. The van der Waals surface area contributed by atoms with Crippen molar-refractivity contribution in [1.82, 2.24) is 24.8 Å². The average molecular weight is 522 g/mol. The molecule has 1 aromatic carbocycles. The van der Waals surface area contributed by atoms with E-state index in [9.17, 15) is 0 Å². The summed E-state index contributed by atoms with van der Waals surface area (Å²) in [5.74, 6) is 1.06. The maximum Gasteiger partial charge on any atom is 0.175 e. The number of nitrogens with one attached hydrogen (secondary N) is 1. The lowest BCUT2D eigenvalue weighted by molar-refractivity contribution is 0.516. The zero-order valence-electron chi connectivity index (χ0n) is 16.9. The first kappa shape index (κ1) is 20.9. The number of nitrogen functional groups attached to an aromatic ring is 1. The normalized spacial score (nSPS) is 13.9. The number of halogens is 1. The van der Waals surface area contributed by atoms with Gasteiger partial charge in [0.25, 0.3) is 0 Å². The molecule has 6 nitrogen and oxygen atoms in total. The van der Waals surface area contributed by atoms with E-state index < -0.39 is 0 Å². The third-order valence-corrected chi connectivity index (χ3v) is 7.50. The number of nitrogens with two attached hydrogens (primary N) is 1. The molecule has 3 N–H and O–H groups in total. The summed E-state index contributed by atoms with van der Waals surface area (Å²) >= 11 is 4.15. The van der Waals surface area contributed by atoms with Gasteiger partial charge in [-0.05, 0) is 84.0 Å². The lowest BCUT2D eigenvalue weighted by Crippen LogP contribution is -2.24. The smallest absolute Gasteiger partial charge is 0.175 e. The predicted octanol–water partition coefficient (Wildman–Crippen LogP) is 4.29. The van der Waals surface area contributed by atoms with E-state index in [4.69, 9.17) is 10.7 Å². The average Bonchev–Trinajstić information content (AvgIpc) is 3.04. The molecule has 0 fully saturated rings. The van der Waals surface area contributed by atoms with Crippen LogP contribution in [0.25, 0.3) is 11.2 Å². The molecule has 4 rings (SSSR count). The van der Waals surface area contributed by atoms with Gasteiger partial charge in [-0.3, -0.25) is 0 Å². The van der Waals surface area contributed by atoms with E-state index in [0.717, 1.165) is 30.4 Å². The van der Waals surface area contributed by atoms with E-state index in [1.54, 1.807) is 11.8 Å². The fourth-order valence-corrected chi connectivity index (χ4v) is 5.55. The van der Waals surface area contributed by atoms with E-state index in [-0.39, 0.29) is 0 Å². The summed E-state index contributed by atoms with van der Waals surface area (Å²) in [5, 5.41) is 4.44. The van der Waals surface area contributed by atoms with Crippen LogP contribution in [-0.2, 0) is 19.4 Å². The molecule has 0 atom stereocenters. The van der Waals surface area contributed by atoms with Crippen molar-refractivity contribution >= 4 is 51.3 Å². The van der Waals surface area contributed by atoms with Gasteiger partial charge in [-0.1, -0.05) is 25.6 Å².